The third-order valence-corrected chi connectivity index (χ3v) is 7.31. The van der Waals surface area contributed by atoms with Crippen LogP contribution in [0.25, 0.3) is 16.5 Å². The molecule has 0 fully saturated rings. The number of halogens is 2. The maximum absolute atomic E-state index is 14.1. The van der Waals surface area contributed by atoms with E-state index in [1.165, 1.54) is 23.3 Å². The number of fused-ring (bicyclic) bond motifs is 2. The molecule has 172 valence electrons. The molecule has 1 unspecified atom stereocenters. The third-order valence-electron chi connectivity index (χ3n) is 7.31. The lowest BCUT2D eigenvalue weighted by Gasteiger charge is -2.27. The van der Waals surface area contributed by atoms with E-state index in [9.17, 15) is 13.6 Å². The molecule has 2 N–H and O–H groups in total. The molecule has 1 amide bonds. The Morgan fingerprint density at radius 2 is 2.00 bits per heavy atom. The Balaban J connectivity index is 1.18. The zero-order chi connectivity index (χ0) is 23.2. The molecule has 0 spiro atoms. The second-order valence-electron chi connectivity index (χ2n) is 9.50. The number of aromatic amines is 1. The van der Waals surface area contributed by atoms with Crippen LogP contribution in [0.5, 0.6) is 0 Å². The van der Waals surface area contributed by atoms with E-state index in [2.05, 4.69) is 21.3 Å². The zero-order valence-corrected chi connectivity index (χ0v) is 19.1. The van der Waals surface area contributed by atoms with Gasteiger partial charge in [0.05, 0.1) is 11.1 Å². The number of unbranched alkanes of at least 4 members (excludes halogenated alkanes) is 1. The lowest BCUT2D eigenvalue weighted by Crippen LogP contribution is -2.32. The van der Waals surface area contributed by atoms with E-state index >= 15 is 0 Å². The SMILES string of the molecule is Cc1[nH]c2cc(F)ccc2c1C1=CCN(CCCCC2(C)C(=O)Nc3c(F)cccc32)CC1. The molecule has 0 bridgehead atoms. The summed E-state index contributed by atoms with van der Waals surface area (Å²) in [5.74, 6) is -0.699. The second-order valence-corrected chi connectivity index (χ2v) is 9.50. The topological polar surface area (TPSA) is 48.1 Å². The van der Waals surface area contributed by atoms with Gasteiger partial charge in [-0.2, -0.15) is 0 Å². The number of para-hydroxylation sites is 1. The highest BCUT2D eigenvalue weighted by Gasteiger charge is 2.43. The van der Waals surface area contributed by atoms with Crippen molar-refractivity contribution in [2.45, 2.75) is 44.9 Å². The number of aromatic nitrogens is 1. The Kier molecular flexibility index (Phi) is 5.57. The predicted octanol–water partition coefficient (Wildman–Crippen LogP) is 5.92. The van der Waals surface area contributed by atoms with Gasteiger partial charge in [0.2, 0.25) is 5.91 Å². The van der Waals surface area contributed by atoms with Gasteiger partial charge in [-0.1, -0.05) is 24.6 Å². The Morgan fingerprint density at radius 1 is 1.15 bits per heavy atom. The molecule has 6 heteroatoms. The summed E-state index contributed by atoms with van der Waals surface area (Å²) in [6.45, 7) is 6.79. The molecule has 2 aromatic carbocycles. The fraction of sp³-hybridized carbons (Fsp3) is 0.370. The number of nitrogens with zero attached hydrogens (tertiary/aromatic N) is 1. The summed E-state index contributed by atoms with van der Waals surface area (Å²) in [4.78, 5) is 18.3. The molecule has 0 radical (unpaired) electrons. The molecule has 0 aliphatic carbocycles. The average Bonchev–Trinajstić information content (AvgIpc) is 3.25. The molecule has 33 heavy (non-hydrogen) atoms. The Morgan fingerprint density at radius 3 is 2.79 bits per heavy atom. The van der Waals surface area contributed by atoms with Gasteiger partial charge >= 0.3 is 0 Å². The van der Waals surface area contributed by atoms with Gasteiger partial charge in [0.1, 0.15) is 11.6 Å². The predicted molar refractivity (Wildman–Crippen MR) is 128 cm³/mol. The summed E-state index contributed by atoms with van der Waals surface area (Å²) in [7, 11) is 0. The third kappa shape index (κ3) is 3.86. The second kappa shape index (κ2) is 8.41. The van der Waals surface area contributed by atoms with Crippen LogP contribution in [0.3, 0.4) is 0 Å². The average molecular weight is 450 g/mol. The minimum Gasteiger partial charge on any atom is -0.358 e. The van der Waals surface area contributed by atoms with Crippen molar-refractivity contribution in [1.29, 1.82) is 0 Å². The van der Waals surface area contributed by atoms with Crippen LogP contribution in [0, 0.1) is 18.6 Å². The van der Waals surface area contributed by atoms with Crippen molar-refractivity contribution in [2.75, 3.05) is 25.0 Å². The monoisotopic (exact) mass is 449 g/mol. The highest BCUT2D eigenvalue weighted by Crippen LogP contribution is 2.42. The van der Waals surface area contributed by atoms with Gasteiger partial charge in [0.15, 0.2) is 0 Å². The van der Waals surface area contributed by atoms with E-state index in [0.29, 0.717) is 12.1 Å². The van der Waals surface area contributed by atoms with Gasteiger partial charge in [-0.15, -0.1) is 0 Å². The standard InChI is InChI=1S/C27H29F2N3O/c1-17-24(20-9-8-19(28)16-23(20)30-17)18-10-14-32(15-11-18)13-4-3-12-27(2)21-6-5-7-22(29)25(21)31-26(27)33/h5-10,16,30H,3-4,11-15H2,1-2H3,(H,31,33). The number of benzene rings is 2. The van der Waals surface area contributed by atoms with Crippen LogP contribution in [0.4, 0.5) is 14.5 Å². The number of H-pyrrole nitrogens is 1. The number of rotatable bonds is 6. The quantitative estimate of drug-likeness (QED) is 0.459. The molecule has 4 nitrogen and oxygen atoms in total. The molecule has 0 saturated heterocycles. The van der Waals surface area contributed by atoms with Gasteiger partial charge in [-0.05, 0) is 75.1 Å². The number of hydrogen-bond acceptors (Lipinski definition) is 2. The number of anilines is 1. The summed E-state index contributed by atoms with van der Waals surface area (Å²) >= 11 is 0. The van der Waals surface area contributed by atoms with Crippen LogP contribution in [0.15, 0.2) is 42.5 Å². The minimum absolute atomic E-state index is 0.109. The maximum Gasteiger partial charge on any atom is 0.234 e. The molecule has 3 aromatic rings. The molecule has 2 aliphatic heterocycles. The van der Waals surface area contributed by atoms with Gasteiger partial charge < -0.3 is 10.3 Å². The Bertz CT molecular complexity index is 1260. The first-order valence-corrected chi connectivity index (χ1v) is 11.7. The maximum atomic E-state index is 14.1. The van der Waals surface area contributed by atoms with Crippen molar-refractivity contribution in [2.24, 2.45) is 0 Å². The summed E-state index contributed by atoms with van der Waals surface area (Å²) in [6, 6.07) is 9.86. The largest absolute Gasteiger partial charge is 0.358 e. The van der Waals surface area contributed by atoms with Crippen LogP contribution in [0.2, 0.25) is 0 Å². The zero-order valence-electron chi connectivity index (χ0n) is 19.1. The number of carbonyl (C=O) groups is 1. The van der Waals surface area contributed by atoms with E-state index in [1.807, 2.05) is 26.0 Å². The molecule has 1 atom stereocenters. The van der Waals surface area contributed by atoms with E-state index < -0.39 is 5.41 Å². The van der Waals surface area contributed by atoms with Crippen molar-refractivity contribution in [3.63, 3.8) is 0 Å². The van der Waals surface area contributed by atoms with Crippen molar-refractivity contribution in [3.05, 3.63) is 70.9 Å². The summed E-state index contributed by atoms with van der Waals surface area (Å²) < 4.78 is 27.6. The van der Waals surface area contributed by atoms with Gasteiger partial charge in [-0.25, -0.2) is 8.78 Å². The molecular formula is C27H29F2N3O. The van der Waals surface area contributed by atoms with E-state index in [0.717, 1.165) is 61.1 Å². The number of carbonyl (C=O) groups excluding carboxylic acids is 1. The first kappa shape index (κ1) is 21.8. The molecule has 2 aliphatic rings. The van der Waals surface area contributed by atoms with Gasteiger partial charge in [0.25, 0.3) is 0 Å². The smallest absolute Gasteiger partial charge is 0.234 e. The normalized spacial score (nSPS) is 20.7. The van der Waals surface area contributed by atoms with Crippen molar-refractivity contribution < 1.29 is 13.6 Å². The summed E-state index contributed by atoms with van der Waals surface area (Å²) in [5.41, 5.74) is 4.89. The number of aryl methyl sites for hydroxylation is 1. The van der Waals surface area contributed by atoms with Crippen molar-refractivity contribution >= 4 is 28.1 Å². The van der Waals surface area contributed by atoms with Gasteiger partial charge in [0, 0.05) is 35.2 Å². The summed E-state index contributed by atoms with van der Waals surface area (Å²) in [6.07, 6.45) is 5.84. The van der Waals surface area contributed by atoms with Crippen LogP contribution < -0.4 is 5.32 Å². The fourth-order valence-electron chi connectivity index (χ4n) is 5.41. The first-order valence-electron chi connectivity index (χ1n) is 11.7. The van der Waals surface area contributed by atoms with Crippen LogP contribution in [-0.4, -0.2) is 35.4 Å². The number of hydrogen-bond donors (Lipinski definition) is 2. The van der Waals surface area contributed by atoms with E-state index in [1.54, 1.807) is 12.1 Å². The van der Waals surface area contributed by atoms with Crippen molar-refractivity contribution in [1.82, 2.24) is 9.88 Å². The first-order chi connectivity index (χ1) is 15.9. The lowest BCUT2D eigenvalue weighted by atomic mass is 9.79. The Labute approximate surface area is 192 Å². The number of nitrogens with one attached hydrogen (secondary N) is 2. The fourth-order valence-corrected chi connectivity index (χ4v) is 5.41. The number of amides is 1. The van der Waals surface area contributed by atoms with Gasteiger partial charge in [-0.3, -0.25) is 9.69 Å². The molecular weight excluding hydrogens is 420 g/mol. The summed E-state index contributed by atoms with van der Waals surface area (Å²) in [5, 5.41) is 3.81. The van der Waals surface area contributed by atoms with Crippen LogP contribution in [-0.2, 0) is 10.2 Å². The highest BCUT2D eigenvalue weighted by atomic mass is 19.1. The van der Waals surface area contributed by atoms with Crippen LogP contribution in [0.1, 0.15) is 49.4 Å². The lowest BCUT2D eigenvalue weighted by molar-refractivity contribution is -0.120. The molecule has 0 saturated carbocycles. The molecule has 3 heterocycles. The highest BCUT2D eigenvalue weighted by molar-refractivity contribution is 6.06. The minimum atomic E-state index is -0.668. The van der Waals surface area contributed by atoms with E-state index in [4.69, 9.17) is 0 Å². The van der Waals surface area contributed by atoms with Crippen molar-refractivity contribution in [3.8, 4) is 0 Å². The molecule has 1 aromatic heterocycles. The van der Waals surface area contributed by atoms with E-state index in [-0.39, 0.29) is 17.5 Å². The molecule has 5 rings (SSSR count). The Hall–Kier alpha value is -2.99. The van der Waals surface area contributed by atoms with Crippen LogP contribution >= 0.6 is 0 Å².